The molecule has 0 unspecified atom stereocenters. The van der Waals surface area contributed by atoms with Crippen LogP contribution in [-0.4, -0.2) is 68.5 Å². The molecular weight excluding hydrogens is 599 g/mol. The van der Waals surface area contributed by atoms with E-state index in [4.69, 9.17) is 14.5 Å². The Morgan fingerprint density at radius 3 is 2.50 bits per heavy atom. The molecule has 4 aromatic rings. The molecule has 1 N–H and O–H groups in total. The van der Waals surface area contributed by atoms with E-state index in [0.29, 0.717) is 36.4 Å². The summed E-state index contributed by atoms with van der Waals surface area (Å²) in [4.78, 5) is 24.7. The lowest BCUT2D eigenvalue weighted by Gasteiger charge is -2.33. The molecule has 0 spiro atoms. The fraction of sp³-hybridized carbons (Fsp3) is 0.406. The zero-order chi connectivity index (χ0) is 31.8. The van der Waals surface area contributed by atoms with Crippen LogP contribution in [0.3, 0.4) is 0 Å². The number of aryl methyl sites for hydroxylation is 1. The number of para-hydroxylation sites is 1. The number of piperidine rings is 1. The molecule has 234 valence electrons. The van der Waals surface area contributed by atoms with E-state index in [1.54, 1.807) is 42.7 Å². The summed E-state index contributed by atoms with van der Waals surface area (Å²) in [6, 6.07) is 13.5. The molecule has 0 atom stereocenters. The Kier molecular flexibility index (Phi) is 8.77. The zero-order valence-corrected chi connectivity index (χ0v) is 27.8. The number of benzene rings is 2. The van der Waals surface area contributed by atoms with Crippen LogP contribution in [0, 0.1) is 6.92 Å². The Morgan fingerprint density at radius 1 is 1.14 bits per heavy atom. The van der Waals surface area contributed by atoms with E-state index in [-0.39, 0.29) is 6.09 Å². The first kappa shape index (κ1) is 31.5. The molecule has 2 aromatic heterocycles. The molecule has 3 heterocycles. The second-order valence-electron chi connectivity index (χ2n) is 12.0. The van der Waals surface area contributed by atoms with Crippen molar-refractivity contribution in [2.75, 3.05) is 43.1 Å². The van der Waals surface area contributed by atoms with Crippen molar-refractivity contribution in [3.05, 3.63) is 59.1 Å². The molecule has 1 saturated heterocycles. The largest absolute Gasteiger partial charge is 0.495 e. The number of amides is 1. The number of likely N-dealkylation sites (tertiary alicyclic amines) is 1. The number of methoxy groups -OCH3 is 1. The van der Waals surface area contributed by atoms with Crippen LogP contribution in [0.5, 0.6) is 5.75 Å². The fourth-order valence-corrected chi connectivity index (χ4v) is 6.94. The van der Waals surface area contributed by atoms with Gasteiger partial charge in [0.05, 0.1) is 41.2 Å². The highest BCUT2D eigenvalue weighted by Crippen LogP contribution is 2.42. The van der Waals surface area contributed by atoms with Gasteiger partial charge in [-0.2, -0.15) is 0 Å². The van der Waals surface area contributed by atoms with Gasteiger partial charge < -0.3 is 19.7 Å². The number of carbonyl (C=O) groups is 1. The number of carbonyl (C=O) groups excluding carboxylic acids is 1. The molecular formula is C32H39N5O5S2. The minimum absolute atomic E-state index is 0.264. The van der Waals surface area contributed by atoms with E-state index in [0.717, 1.165) is 50.3 Å². The van der Waals surface area contributed by atoms with E-state index >= 15 is 0 Å². The van der Waals surface area contributed by atoms with Gasteiger partial charge in [0.2, 0.25) is 16.0 Å². The lowest BCUT2D eigenvalue weighted by atomic mass is 9.89. The first-order chi connectivity index (χ1) is 20.7. The Bertz CT molecular complexity index is 1790. The third-order valence-electron chi connectivity index (χ3n) is 7.71. The highest BCUT2D eigenvalue weighted by molar-refractivity contribution is 7.92. The van der Waals surface area contributed by atoms with Gasteiger partial charge in [-0.05, 0) is 70.2 Å². The number of ether oxygens (including phenoxy) is 2. The minimum Gasteiger partial charge on any atom is -0.495 e. The van der Waals surface area contributed by atoms with Crippen molar-refractivity contribution < 1.29 is 22.7 Å². The predicted molar refractivity (Wildman–Crippen MR) is 177 cm³/mol. The Labute approximate surface area is 263 Å². The summed E-state index contributed by atoms with van der Waals surface area (Å²) in [6.07, 6.45) is 4.39. The molecule has 0 bridgehead atoms. The smallest absolute Gasteiger partial charge is 0.410 e. The molecule has 44 heavy (non-hydrogen) atoms. The number of rotatable bonds is 7. The lowest BCUT2D eigenvalue weighted by Crippen LogP contribution is -2.41. The Hall–Kier alpha value is -3.90. The van der Waals surface area contributed by atoms with Crippen molar-refractivity contribution in [3.63, 3.8) is 0 Å². The van der Waals surface area contributed by atoms with Gasteiger partial charge in [0.15, 0.2) is 0 Å². The first-order valence-corrected chi connectivity index (χ1v) is 17.1. The maximum Gasteiger partial charge on any atom is 0.410 e. The van der Waals surface area contributed by atoms with Gasteiger partial charge in [-0.15, -0.1) is 11.3 Å². The van der Waals surface area contributed by atoms with Gasteiger partial charge >= 0.3 is 6.09 Å². The molecule has 2 aromatic carbocycles. The van der Waals surface area contributed by atoms with Gasteiger partial charge in [-0.3, -0.25) is 4.31 Å². The molecule has 10 nitrogen and oxygen atoms in total. The van der Waals surface area contributed by atoms with Crippen molar-refractivity contribution in [2.24, 2.45) is 0 Å². The van der Waals surface area contributed by atoms with Crippen molar-refractivity contribution in [2.45, 2.75) is 52.1 Å². The van der Waals surface area contributed by atoms with Crippen LogP contribution in [0.4, 0.5) is 22.1 Å². The van der Waals surface area contributed by atoms with Gasteiger partial charge in [0.25, 0.3) is 0 Å². The Balaban J connectivity index is 1.39. The summed E-state index contributed by atoms with van der Waals surface area (Å²) in [5.74, 6) is 1.37. The molecule has 1 aliphatic heterocycles. The Morgan fingerprint density at radius 2 is 1.84 bits per heavy atom. The topological polar surface area (TPSA) is 114 Å². The van der Waals surface area contributed by atoms with Gasteiger partial charge in [0.1, 0.15) is 11.4 Å². The van der Waals surface area contributed by atoms with Crippen molar-refractivity contribution in [3.8, 4) is 16.9 Å². The van der Waals surface area contributed by atoms with E-state index in [2.05, 4.69) is 16.4 Å². The highest BCUT2D eigenvalue weighted by Gasteiger charge is 2.28. The zero-order valence-electron chi connectivity index (χ0n) is 26.2. The molecule has 1 amide bonds. The molecule has 5 rings (SSSR count). The molecule has 0 saturated carbocycles. The number of sulfonamides is 1. The van der Waals surface area contributed by atoms with Crippen LogP contribution >= 0.6 is 11.3 Å². The summed E-state index contributed by atoms with van der Waals surface area (Å²) >= 11 is 1.57. The van der Waals surface area contributed by atoms with E-state index < -0.39 is 15.6 Å². The van der Waals surface area contributed by atoms with Crippen LogP contribution in [0.2, 0.25) is 0 Å². The van der Waals surface area contributed by atoms with Crippen molar-refractivity contribution in [1.82, 2.24) is 14.9 Å². The number of aromatic nitrogens is 2. The van der Waals surface area contributed by atoms with Crippen LogP contribution in [-0.2, 0) is 14.8 Å². The number of fused-ring (bicyclic) bond motifs is 1. The molecule has 1 aliphatic rings. The lowest BCUT2D eigenvalue weighted by molar-refractivity contribution is 0.0204. The third-order valence-corrected chi connectivity index (χ3v) is 9.93. The van der Waals surface area contributed by atoms with E-state index in [1.807, 2.05) is 58.0 Å². The van der Waals surface area contributed by atoms with E-state index in [9.17, 15) is 13.2 Å². The number of hydrogen-bond acceptors (Lipinski definition) is 9. The van der Waals surface area contributed by atoms with Crippen LogP contribution in [0.25, 0.3) is 21.3 Å². The average Bonchev–Trinajstić information content (AvgIpc) is 3.30. The molecule has 12 heteroatoms. The van der Waals surface area contributed by atoms with Crippen LogP contribution in [0.1, 0.15) is 50.0 Å². The quantitative estimate of drug-likeness (QED) is 0.232. The summed E-state index contributed by atoms with van der Waals surface area (Å²) < 4.78 is 38.3. The molecule has 0 radical (unpaired) electrons. The molecule has 1 fully saturated rings. The summed E-state index contributed by atoms with van der Waals surface area (Å²) in [6.45, 7) is 8.92. The maximum absolute atomic E-state index is 12.5. The van der Waals surface area contributed by atoms with Gasteiger partial charge in [0, 0.05) is 36.1 Å². The minimum atomic E-state index is -3.46. The van der Waals surface area contributed by atoms with Crippen molar-refractivity contribution >= 4 is 55.0 Å². The average molecular weight is 638 g/mol. The summed E-state index contributed by atoms with van der Waals surface area (Å²) in [5, 5.41) is 3.32. The molecule has 0 aliphatic carbocycles. The summed E-state index contributed by atoms with van der Waals surface area (Å²) in [7, 11) is -0.273. The second kappa shape index (κ2) is 12.2. The SMILES string of the molecule is COc1cc(C2CCN(C(=O)OC(C)(C)C)CC2)ccc1Nc1ncc2sc(C)c(-c3ccccc3N(C)S(C)(=O)=O)c2n1. The van der Waals surface area contributed by atoms with Gasteiger partial charge in [-0.25, -0.2) is 23.2 Å². The maximum atomic E-state index is 12.5. The third kappa shape index (κ3) is 6.76. The van der Waals surface area contributed by atoms with Crippen molar-refractivity contribution in [1.29, 1.82) is 0 Å². The van der Waals surface area contributed by atoms with Crippen LogP contribution < -0.4 is 14.4 Å². The monoisotopic (exact) mass is 637 g/mol. The number of nitrogens with zero attached hydrogens (tertiary/aromatic N) is 4. The highest BCUT2D eigenvalue weighted by atomic mass is 32.2. The first-order valence-electron chi connectivity index (χ1n) is 14.5. The fourth-order valence-electron chi connectivity index (χ4n) is 5.43. The second-order valence-corrected chi connectivity index (χ2v) is 15.3. The number of nitrogens with one attached hydrogen (secondary N) is 1. The number of anilines is 3. The number of thiophene rings is 1. The normalized spacial score (nSPS) is 14.5. The van der Waals surface area contributed by atoms with Crippen LogP contribution in [0.15, 0.2) is 48.7 Å². The van der Waals surface area contributed by atoms with Gasteiger partial charge in [-0.1, -0.05) is 24.3 Å². The number of hydrogen-bond donors (Lipinski definition) is 1. The standard InChI is InChI=1S/C32H39N5O5S2/c1-20-28(23-10-8-9-11-25(23)36(5)44(7,39)40)29-27(43-20)19-33-30(35-29)34-24-13-12-22(18-26(24)41-6)21-14-16-37(17-15-21)31(38)42-32(2,3)4/h8-13,18-19,21H,14-17H2,1-7H3,(H,33,34,35). The van der Waals surface area contributed by atoms with E-state index in [1.165, 1.54) is 10.6 Å². The summed E-state index contributed by atoms with van der Waals surface area (Å²) in [5.41, 5.74) is 4.35. The predicted octanol–water partition coefficient (Wildman–Crippen LogP) is 6.93.